The third-order valence-electron chi connectivity index (χ3n) is 5.95. The SMILES string of the molecule is Cn1c(CNCCCCN2CCN(Cc3ccccc3)CC2)nc2ccccc21. The molecule has 0 bridgehead atoms. The van der Waals surface area contributed by atoms with Crippen LogP contribution in [-0.2, 0) is 20.1 Å². The molecule has 154 valence electrons. The van der Waals surface area contributed by atoms with Gasteiger partial charge in [-0.15, -0.1) is 0 Å². The van der Waals surface area contributed by atoms with Crippen molar-refractivity contribution in [3.63, 3.8) is 0 Å². The highest BCUT2D eigenvalue weighted by molar-refractivity contribution is 5.75. The van der Waals surface area contributed by atoms with E-state index in [0.29, 0.717) is 0 Å². The van der Waals surface area contributed by atoms with Crippen molar-refractivity contribution < 1.29 is 0 Å². The summed E-state index contributed by atoms with van der Waals surface area (Å²) in [4.78, 5) is 9.92. The van der Waals surface area contributed by atoms with Crippen molar-refractivity contribution in [3.8, 4) is 0 Å². The van der Waals surface area contributed by atoms with E-state index in [9.17, 15) is 0 Å². The highest BCUT2D eigenvalue weighted by Gasteiger charge is 2.16. The Bertz CT molecular complexity index is 881. The van der Waals surface area contributed by atoms with Crippen molar-refractivity contribution in [1.29, 1.82) is 0 Å². The average Bonchev–Trinajstić information content (AvgIpc) is 3.08. The Morgan fingerprint density at radius 2 is 1.59 bits per heavy atom. The lowest BCUT2D eigenvalue weighted by molar-refractivity contribution is 0.125. The molecule has 3 aromatic rings. The van der Waals surface area contributed by atoms with Crippen LogP contribution in [0.4, 0.5) is 0 Å². The van der Waals surface area contributed by atoms with E-state index in [1.807, 2.05) is 6.07 Å². The van der Waals surface area contributed by atoms with Gasteiger partial charge in [0, 0.05) is 39.8 Å². The third kappa shape index (κ3) is 5.44. The molecule has 0 atom stereocenters. The van der Waals surface area contributed by atoms with Gasteiger partial charge in [-0.25, -0.2) is 4.98 Å². The van der Waals surface area contributed by atoms with Gasteiger partial charge in [-0.2, -0.15) is 0 Å². The van der Waals surface area contributed by atoms with Gasteiger partial charge in [-0.3, -0.25) is 4.90 Å². The topological polar surface area (TPSA) is 36.3 Å². The molecule has 2 aromatic carbocycles. The summed E-state index contributed by atoms with van der Waals surface area (Å²) in [7, 11) is 2.10. The summed E-state index contributed by atoms with van der Waals surface area (Å²) >= 11 is 0. The molecule has 0 unspecified atom stereocenters. The fourth-order valence-electron chi connectivity index (χ4n) is 4.15. The number of piperazine rings is 1. The number of fused-ring (bicyclic) bond motifs is 1. The van der Waals surface area contributed by atoms with Crippen LogP contribution in [0.5, 0.6) is 0 Å². The minimum Gasteiger partial charge on any atom is -0.330 e. The molecule has 5 nitrogen and oxygen atoms in total. The molecule has 1 fully saturated rings. The molecule has 1 aromatic heterocycles. The van der Waals surface area contributed by atoms with Crippen LogP contribution in [0.3, 0.4) is 0 Å². The average molecular weight is 392 g/mol. The van der Waals surface area contributed by atoms with Crippen LogP contribution in [0.25, 0.3) is 11.0 Å². The Balaban J connectivity index is 1.09. The zero-order valence-corrected chi connectivity index (χ0v) is 17.6. The second-order valence-corrected chi connectivity index (χ2v) is 8.06. The fraction of sp³-hybridized carbons (Fsp3) is 0.458. The number of nitrogens with zero attached hydrogens (tertiary/aromatic N) is 4. The number of rotatable bonds is 9. The van der Waals surface area contributed by atoms with E-state index in [1.165, 1.54) is 56.6 Å². The zero-order chi connectivity index (χ0) is 19.9. The van der Waals surface area contributed by atoms with Crippen LogP contribution in [0.1, 0.15) is 24.2 Å². The lowest BCUT2D eigenvalue weighted by atomic mass is 10.2. The molecule has 1 aliphatic rings. The molecule has 0 saturated carbocycles. The Morgan fingerprint density at radius 1 is 0.862 bits per heavy atom. The number of para-hydroxylation sites is 2. The van der Waals surface area contributed by atoms with E-state index in [2.05, 4.69) is 75.3 Å². The predicted molar refractivity (Wildman–Crippen MR) is 120 cm³/mol. The normalized spacial score (nSPS) is 15.9. The van der Waals surface area contributed by atoms with Gasteiger partial charge in [-0.1, -0.05) is 42.5 Å². The molecule has 29 heavy (non-hydrogen) atoms. The Hall–Kier alpha value is -2.21. The van der Waals surface area contributed by atoms with E-state index >= 15 is 0 Å². The van der Waals surface area contributed by atoms with Gasteiger partial charge in [-0.05, 0) is 43.6 Å². The maximum Gasteiger partial charge on any atom is 0.123 e. The largest absolute Gasteiger partial charge is 0.330 e. The summed E-state index contributed by atoms with van der Waals surface area (Å²) in [6, 6.07) is 19.2. The lowest BCUT2D eigenvalue weighted by Gasteiger charge is -2.34. The summed E-state index contributed by atoms with van der Waals surface area (Å²) in [5.74, 6) is 1.11. The predicted octanol–water partition coefficient (Wildman–Crippen LogP) is 3.26. The molecule has 0 spiro atoms. The molecular weight excluding hydrogens is 358 g/mol. The van der Waals surface area contributed by atoms with E-state index < -0.39 is 0 Å². The number of benzene rings is 2. The second-order valence-electron chi connectivity index (χ2n) is 8.06. The maximum atomic E-state index is 4.73. The molecule has 0 radical (unpaired) electrons. The minimum atomic E-state index is 0.837. The number of hydrogen-bond acceptors (Lipinski definition) is 4. The van der Waals surface area contributed by atoms with Crippen LogP contribution in [-0.4, -0.2) is 58.6 Å². The van der Waals surface area contributed by atoms with Crippen LogP contribution in [0.2, 0.25) is 0 Å². The fourth-order valence-corrected chi connectivity index (χ4v) is 4.15. The second kappa shape index (κ2) is 10.0. The van der Waals surface area contributed by atoms with Gasteiger partial charge in [0.2, 0.25) is 0 Å². The van der Waals surface area contributed by atoms with Crippen molar-refractivity contribution >= 4 is 11.0 Å². The van der Waals surface area contributed by atoms with Crippen LogP contribution < -0.4 is 5.32 Å². The van der Waals surface area contributed by atoms with E-state index in [0.717, 1.165) is 31.0 Å². The standard InChI is InChI=1S/C24H33N5/c1-27-23-12-6-5-11-22(23)26-24(27)19-25-13-7-8-14-28-15-17-29(18-16-28)20-21-9-3-2-4-10-21/h2-6,9-12,25H,7-8,13-20H2,1H3. The monoisotopic (exact) mass is 391 g/mol. The first-order valence-electron chi connectivity index (χ1n) is 10.9. The summed E-state index contributed by atoms with van der Waals surface area (Å²) in [5.41, 5.74) is 3.71. The number of unbranched alkanes of at least 4 members (excludes halogenated alkanes) is 1. The summed E-state index contributed by atoms with van der Waals surface area (Å²) < 4.78 is 2.19. The van der Waals surface area contributed by atoms with Gasteiger partial charge in [0.1, 0.15) is 5.82 Å². The lowest BCUT2D eigenvalue weighted by Crippen LogP contribution is -2.46. The Morgan fingerprint density at radius 3 is 2.38 bits per heavy atom. The molecular formula is C24H33N5. The van der Waals surface area contributed by atoms with Crippen LogP contribution in [0, 0.1) is 0 Å². The van der Waals surface area contributed by atoms with E-state index in [4.69, 9.17) is 4.98 Å². The molecule has 4 rings (SSSR count). The maximum absolute atomic E-state index is 4.73. The Kier molecular flexibility index (Phi) is 6.93. The quantitative estimate of drug-likeness (QED) is 0.568. The van der Waals surface area contributed by atoms with Crippen molar-refractivity contribution in [2.75, 3.05) is 39.3 Å². The molecule has 5 heteroatoms. The van der Waals surface area contributed by atoms with Gasteiger partial charge in [0.25, 0.3) is 0 Å². The molecule has 1 aliphatic heterocycles. The number of aromatic nitrogens is 2. The van der Waals surface area contributed by atoms with E-state index in [1.54, 1.807) is 0 Å². The van der Waals surface area contributed by atoms with E-state index in [-0.39, 0.29) is 0 Å². The summed E-state index contributed by atoms with van der Waals surface area (Å²) in [6.07, 6.45) is 2.47. The van der Waals surface area contributed by atoms with Gasteiger partial charge in [0.05, 0.1) is 17.6 Å². The first kappa shape index (κ1) is 20.1. The van der Waals surface area contributed by atoms with Crippen molar-refractivity contribution in [2.24, 2.45) is 7.05 Å². The zero-order valence-electron chi connectivity index (χ0n) is 17.6. The van der Waals surface area contributed by atoms with Crippen molar-refractivity contribution in [1.82, 2.24) is 24.7 Å². The van der Waals surface area contributed by atoms with Gasteiger partial charge in [0.15, 0.2) is 0 Å². The first-order chi connectivity index (χ1) is 14.3. The highest BCUT2D eigenvalue weighted by atomic mass is 15.3. The first-order valence-corrected chi connectivity index (χ1v) is 10.9. The van der Waals surface area contributed by atoms with Crippen LogP contribution >= 0.6 is 0 Å². The highest BCUT2D eigenvalue weighted by Crippen LogP contribution is 2.14. The number of nitrogens with one attached hydrogen (secondary N) is 1. The van der Waals surface area contributed by atoms with Crippen molar-refractivity contribution in [2.45, 2.75) is 25.9 Å². The number of imidazole rings is 1. The van der Waals surface area contributed by atoms with Crippen LogP contribution in [0.15, 0.2) is 54.6 Å². The summed E-state index contributed by atoms with van der Waals surface area (Å²) in [5, 5.41) is 3.57. The molecule has 0 amide bonds. The van der Waals surface area contributed by atoms with Gasteiger partial charge >= 0.3 is 0 Å². The van der Waals surface area contributed by atoms with Crippen molar-refractivity contribution in [3.05, 3.63) is 66.0 Å². The number of hydrogen-bond donors (Lipinski definition) is 1. The Labute approximate surface area is 174 Å². The third-order valence-corrected chi connectivity index (χ3v) is 5.95. The minimum absolute atomic E-state index is 0.837. The summed E-state index contributed by atoms with van der Waals surface area (Å²) in [6.45, 7) is 8.94. The smallest absolute Gasteiger partial charge is 0.123 e. The molecule has 2 heterocycles. The van der Waals surface area contributed by atoms with Gasteiger partial charge < -0.3 is 14.8 Å². The number of aryl methyl sites for hydroxylation is 1. The molecule has 1 N–H and O–H groups in total. The molecule has 0 aliphatic carbocycles. The molecule has 1 saturated heterocycles.